The highest BCUT2D eigenvalue weighted by molar-refractivity contribution is 5.85. The lowest BCUT2D eigenvalue weighted by molar-refractivity contribution is -0.166. The molecule has 2 aliphatic rings. The first-order chi connectivity index (χ1) is 15.0. The van der Waals surface area contributed by atoms with Crippen LogP contribution in [0.5, 0.6) is 0 Å². The Labute approximate surface area is 190 Å². The van der Waals surface area contributed by atoms with E-state index in [1.807, 2.05) is 0 Å². The second-order valence-electron chi connectivity index (χ2n) is 8.31. The van der Waals surface area contributed by atoms with Crippen molar-refractivity contribution in [2.45, 2.75) is 62.2 Å². The summed E-state index contributed by atoms with van der Waals surface area (Å²) in [7, 11) is 0. The number of hydrogen-bond acceptors (Lipinski definition) is 5. The normalized spacial score (nSPS) is 20.5. The molecule has 13 heteroatoms. The lowest BCUT2D eigenvalue weighted by Gasteiger charge is -2.24. The first kappa shape index (κ1) is 25.3. The van der Waals surface area contributed by atoms with E-state index in [9.17, 15) is 31.1 Å². The zero-order chi connectivity index (χ0) is 23.3. The number of likely N-dealkylation sites (tertiary alicyclic amines) is 1. The number of aromatic nitrogens is 2. The molecule has 1 aromatic heterocycles. The van der Waals surface area contributed by atoms with Crippen LogP contribution < -0.4 is 5.73 Å². The Morgan fingerprint density at radius 2 is 1.88 bits per heavy atom. The van der Waals surface area contributed by atoms with E-state index in [2.05, 4.69) is 10.1 Å². The van der Waals surface area contributed by atoms with Gasteiger partial charge in [0.2, 0.25) is 11.8 Å². The molecule has 182 valence electrons. The van der Waals surface area contributed by atoms with Gasteiger partial charge in [0.25, 0.3) is 0 Å². The second-order valence-corrected chi connectivity index (χ2v) is 8.31. The van der Waals surface area contributed by atoms with Crippen molar-refractivity contribution in [1.82, 2.24) is 15.0 Å². The van der Waals surface area contributed by atoms with Crippen LogP contribution in [0, 0.1) is 17.5 Å². The monoisotopic (exact) mass is 498 g/mol. The predicted molar refractivity (Wildman–Crippen MR) is 105 cm³/mol. The van der Waals surface area contributed by atoms with Crippen molar-refractivity contribution in [3.05, 3.63) is 46.9 Å². The molecule has 1 saturated carbocycles. The van der Waals surface area contributed by atoms with Gasteiger partial charge in [-0.2, -0.15) is 18.2 Å². The number of carbonyl (C=O) groups is 1. The van der Waals surface area contributed by atoms with E-state index < -0.39 is 52.9 Å². The summed E-state index contributed by atoms with van der Waals surface area (Å²) in [4.78, 5) is 18.1. The minimum atomic E-state index is -4.50. The number of amides is 1. The van der Waals surface area contributed by atoms with Gasteiger partial charge in [0.05, 0.1) is 6.04 Å². The van der Waals surface area contributed by atoms with Crippen LogP contribution in [-0.2, 0) is 16.6 Å². The fourth-order valence-corrected chi connectivity index (χ4v) is 4.06. The number of hydrogen-bond donors (Lipinski definition) is 1. The molecule has 33 heavy (non-hydrogen) atoms. The van der Waals surface area contributed by atoms with Crippen molar-refractivity contribution >= 4 is 18.3 Å². The standard InChI is InChI=1S/C20H20F6N4O2.ClH/c21-12-9-14(23)13(22)7-10(12)6-11(27)8-16(31)30-5-1-2-15(30)17-28-18(32-29-17)19(3-4-19)20(24,25)26;/h7,9,11,15H,1-6,8,27H2;1H. The molecule has 1 amide bonds. The third kappa shape index (κ3) is 4.81. The fraction of sp³-hybridized carbons (Fsp3) is 0.550. The Balaban J connectivity index is 0.00000306. The summed E-state index contributed by atoms with van der Waals surface area (Å²) in [6, 6.07) is -0.430. The summed E-state index contributed by atoms with van der Waals surface area (Å²) >= 11 is 0. The van der Waals surface area contributed by atoms with Crippen molar-refractivity contribution in [3.8, 4) is 0 Å². The smallest absolute Gasteiger partial charge is 0.338 e. The molecule has 2 heterocycles. The number of nitrogens with two attached hydrogens (primary N) is 1. The number of carbonyl (C=O) groups excluding carboxylic acids is 1. The topological polar surface area (TPSA) is 85.3 Å². The average molecular weight is 499 g/mol. The third-order valence-electron chi connectivity index (χ3n) is 6.02. The highest BCUT2D eigenvalue weighted by atomic mass is 35.5. The number of rotatable bonds is 6. The molecule has 2 fully saturated rings. The molecule has 2 unspecified atom stereocenters. The van der Waals surface area contributed by atoms with Crippen LogP contribution in [0.15, 0.2) is 16.7 Å². The summed E-state index contributed by atoms with van der Waals surface area (Å²) in [5, 5.41) is 3.69. The van der Waals surface area contributed by atoms with Crippen LogP contribution in [0.4, 0.5) is 26.3 Å². The van der Waals surface area contributed by atoms with Gasteiger partial charge in [-0.1, -0.05) is 5.16 Å². The van der Waals surface area contributed by atoms with E-state index in [4.69, 9.17) is 10.3 Å². The molecular formula is C20H21ClF6N4O2. The Hall–Kier alpha value is -2.34. The molecule has 6 nitrogen and oxygen atoms in total. The van der Waals surface area contributed by atoms with Gasteiger partial charge in [0.15, 0.2) is 17.5 Å². The van der Waals surface area contributed by atoms with Crippen molar-refractivity contribution < 1.29 is 35.7 Å². The van der Waals surface area contributed by atoms with E-state index in [-0.39, 0.29) is 49.5 Å². The van der Waals surface area contributed by atoms with Gasteiger partial charge in [0.1, 0.15) is 11.2 Å². The number of alkyl halides is 3. The molecule has 2 aromatic rings. The summed E-state index contributed by atoms with van der Waals surface area (Å²) < 4.78 is 85.1. The minimum Gasteiger partial charge on any atom is -0.338 e. The van der Waals surface area contributed by atoms with E-state index in [1.165, 1.54) is 4.90 Å². The van der Waals surface area contributed by atoms with E-state index in [1.54, 1.807) is 0 Å². The van der Waals surface area contributed by atoms with Crippen molar-refractivity contribution in [2.75, 3.05) is 6.54 Å². The van der Waals surface area contributed by atoms with Crippen molar-refractivity contribution in [2.24, 2.45) is 5.73 Å². The van der Waals surface area contributed by atoms with Gasteiger partial charge in [-0.05, 0) is 43.7 Å². The maximum atomic E-state index is 13.8. The minimum absolute atomic E-state index is 0. The third-order valence-corrected chi connectivity index (χ3v) is 6.02. The SMILES string of the molecule is Cl.NC(CC(=O)N1CCCC1c1noc(C2(C(F)(F)F)CC2)n1)Cc1cc(F)c(F)cc1F. The van der Waals surface area contributed by atoms with Crippen LogP contribution in [0.25, 0.3) is 0 Å². The molecule has 1 aliphatic carbocycles. The summed E-state index contributed by atoms with van der Waals surface area (Å²) in [5.41, 5.74) is 3.66. The van der Waals surface area contributed by atoms with Crippen LogP contribution in [0.1, 0.15) is 55.4 Å². The number of benzene rings is 1. The molecule has 2 atom stereocenters. The molecule has 0 bridgehead atoms. The lowest BCUT2D eigenvalue weighted by Crippen LogP contribution is -2.37. The second kappa shape index (κ2) is 9.13. The Morgan fingerprint density at radius 1 is 1.21 bits per heavy atom. The highest BCUT2D eigenvalue weighted by Gasteiger charge is 2.68. The van der Waals surface area contributed by atoms with Crippen LogP contribution in [0.2, 0.25) is 0 Å². The van der Waals surface area contributed by atoms with E-state index >= 15 is 0 Å². The fourth-order valence-electron chi connectivity index (χ4n) is 4.06. The van der Waals surface area contributed by atoms with Crippen LogP contribution >= 0.6 is 12.4 Å². The Morgan fingerprint density at radius 3 is 2.52 bits per heavy atom. The van der Waals surface area contributed by atoms with Crippen molar-refractivity contribution in [1.29, 1.82) is 0 Å². The first-order valence-corrected chi connectivity index (χ1v) is 10.1. The lowest BCUT2D eigenvalue weighted by atomic mass is 10.0. The van der Waals surface area contributed by atoms with Gasteiger partial charge in [-0.25, -0.2) is 13.2 Å². The summed E-state index contributed by atoms with van der Waals surface area (Å²) in [5.74, 6) is -4.44. The summed E-state index contributed by atoms with van der Waals surface area (Å²) in [6.45, 7) is 0.323. The zero-order valence-corrected chi connectivity index (χ0v) is 18.0. The molecule has 1 aromatic carbocycles. The van der Waals surface area contributed by atoms with Gasteiger partial charge in [-0.3, -0.25) is 4.79 Å². The molecule has 1 aliphatic heterocycles. The van der Waals surface area contributed by atoms with Gasteiger partial charge >= 0.3 is 6.18 Å². The van der Waals surface area contributed by atoms with Gasteiger partial charge < -0.3 is 15.2 Å². The highest BCUT2D eigenvalue weighted by Crippen LogP contribution is 2.58. The predicted octanol–water partition coefficient (Wildman–Crippen LogP) is 4.13. The largest absolute Gasteiger partial charge is 0.403 e. The Kier molecular flexibility index (Phi) is 6.99. The van der Waals surface area contributed by atoms with Gasteiger partial charge in [-0.15, -0.1) is 12.4 Å². The average Bonchev–Trinajstić information content (AvgIpc) is 3.16. The maximum absolute atomic E-state index is 13.8. The van der Waals surface area contributed by atoms with Crippen molar-refractivity contribution in [3.63, 3.8) is 0 Å². The number of halogens is 7. The van der Waals surface area contributed by atoms with Crippen LogP contribution in [-0.4, -0.2) is 39.7 Å². The maximum Gasteiger partial charge on any atom is 0.403 e. The molecule has 4 rings (SSSR count). The molecule has 0 spiro atoms. The van der Waals surface area contributed by atoms with Gasteiger partial charge in [0, 0.05) is 25.1 Å². The van der Waals surface area contributed by atoms with Crippen LogP contribution in [0.3, 0.4) is 0 Å². The summed E-state index contributed by atoms with van der Waals surface area (Å²) in [6.07, 6.45) is -4.15. The molecule has 1 saturated heterocycles. The zero-order valence-electron chi connectivity index (χ0n) is 17.2. The number of nitrogens with zero attached hydrogens (tertiary/aromatic N) is 3. The Bertz CT molecular complexity index is 1030. The quantitative estimate of drug-likeness (QED) is 0.478. The van der Waals surface area contributed by atoms with E-state index in [0.29, 0.717) is 31.5 Å². The molecular weight excluding hydrogens is 478 g/mol. The first-order valence-electron chi connectivity index (χ1n) is 10.1. The molecule has 2 N–H and O–H groups in total. The molecule has 0 radical (unpaired) electrons. The van der Waals surface area contributed by atoms with E-state index in [0.717, 1.165) is 0 Å².